The van der Waals surface area contributed by atoms with Gasteiger partial charge in [-0.3, -0.25) is 9.36 Å². The zero-order chi connectivity index (χ0) is 29.3. The number of furan rings is 1. The summed E-state index contributed by atoms with van der Waals surface area (Å²) in [6.07, 6.45) is 3.07. The van der Waals surface area contributed by atoms with Gasteiger partial charge in [0.2, 0.25) is 0 Å². The fourth-order valence-electron chi connectivity index (χ4n) is 4.89. The van der Waals surface area contributed by atoms with Gasteiger partial charge in [-0.15, -0.1) is 0 Å². The number of aromatic nitrogens is 1. The van der Waals surface area contributed by atoms with E-state index in [2.05, 4.69) is 13.8 Å². The zero-order valence-electron chi connectivity index (χ0n) is 23.2. The number of ether oxygens (including phenoxy) is 1. The molecule has 0 saturated heterocycles. The number of benzene rings is 2. The lowest BCUT2D eigenvalue weighted by Crippen LogP contribution is -2.40. The number of thiazole rings is 1. The summed E-state index contributed by atoms with van der Waals surface area (Å²) in [5, 5.41) is 1.05. The van der Waals surface area contributed by atoms with Gasteiger partial charge < -0.3 is 9.15 Å². The molecule has 0 amide bonds. The SMILES string of the molecule is CCCC1=C(C(=O)OCC)[C@@H](c2ccc(C(C)C)cc2)n2c(s/c(=C\c3ccc(-c4cc(Cl)ccc4Cl)o3)c2=O)=N1. The average Bonchev–Trinajstić information content (AvgIpc) is 3.54. The number of hydrogen-bond acceptors (Lipinski definition) is 6. The molecule has 5 rings (SSSR count). The quantitative estimate of drug-likeness (QED) is 0.197. The molecule has 6 nitrogen and oxygen atoms in total. The monoisotopic (exact) mass is 608 g/mol. The van der Waals surface area contributed by atoms with Gasteiger partial charge in [0, 0.05) is 16.7 Å². The third-order valence-corrected chi connectivity index (χ3v) is 8.45. The van der Waals surface area contributed by atoms with Gasteiger partial charge >= 0.3 is 5.97 Å². The topological polar surface area (TPSA) is 73.8 Å². The molecule has 0 radical (unpaired) electrons. The lowest BCUT2D eigenvalue weighted by molar-refractivity contribution is -0.139. The molecule has 0 unspecified atom stereocenters. The molecule has 4 aromatic rings. The predicted octanol–water partition coefficient (Wildman–Crippen LogP) is 7.27. The van der Waals surface area contributed by atoms with Gasteiger partial charge in [0.05, 0.1) is 33.5 Å². The Kier molecular flexibility index (Phi) is 8.68. The minimum atomic E-state index is -0.660. The Balaban J connectivity index is 1.67. The first kappa shape index (κ1) is 29.1. The highest BCUT2D eigenvalue weighted by Gasteiger charge is 2.34. The first-order valence-electron chi connectivity index (χ1n) is 13.6. The average molecular weight is 610 g/mol. The number of rotatable bonds is 8. The van der Waals surface area contributed by atoms with E-state index in [0.29, 0.717) is 60.1 Å². The summed E-state index contributed by atoms with van der Waals surface area (Å²) in [5.41, 5.74) is 3.44. The number of nitrogens with zero attached hydrogens (tertiary/aromatic N) is 2. The van der Waals surface area contributed by atoms with E-state index in [9.17, 15) is 9.59 Å². The van der Waals surface area contributed by atoms with Crippen molar-refractivity contribution in [3.63, 3.8) is 0 Å². The summed E-state index contributed by atoms with van der Waals surface area (Å²) < 4.78 is 13.6. The van der Waals surface area contributed by atoms with Crippen LogP contribution >= 0.6 is 34.5 Å². The summed E-state index contributed by atoms with van der Waals surface area (Å²) in [6, 6.07) is 16.1. The van der Waals surface area contributed by atoms with Crippen LogP contribution < -0.4 is 14.9 Å². The third-order valence-electron chi connectivity index (χ3n) is 6.91. The van der Waals surface area contributed by atoms with Gasteiger partial charge in [-0.25, -0.2) is 9.79 Å². The summed E-state index contributed by atoms with van der Waals surface area (Å²) in [4.78, 5) is 32.7. The molecular formula is C32H30Cl2N2O4S. The van der Waals surface area contributed by atoms with Crippen LogP contribution in [0.25, 0.3) is 17.4 Å². The fraction of sp³-hybridized carbons (Fsp3) is 0.281. The van der Waals surface area contributed by atoms with Gasteiger partial charge in [-0.2, -0.15) is 0 Å². The largest absolute Gasteiger partial charge is 0.463 e. The maximum absolute atomic E-state index is 14.0. The highest BCUT2D eigenvalue weighted by Crippen LogP contribution is 2.34. The second-order valence-electron chi connectivity index (χ2n) is 10.1. The highest BCUT2D eigenvalue weighted by molar-refractivity contribution is 7.07. The van der Waals surface area contributed by atoms with E-state index < -0.39 is 12.0 Å². The molecule has 0 bridgehead atoms. The van der Waals surface area contributed by atoms with Crippen molar-refractivity contribution >= 4 is 46.6 Å². The van der Waals surface area contributed by atoms with Crippen LogP contribution in [-0.2, 0) is 9.53 Å². The van der Waals surface area contributed by atoms with Crippen molar-refractivity contribution in [3.8, 4) is 11.3 Å². The third kappa shape index (κ3) is 5.85. The molecule has 0 saturated carbocycles. The Labute approximate surface area is 252 Å². The summed E-state index contributed by atoms with van der Waals surface area (Å²) in [6.45, 7) is 8.29. The van der Waals surface area contributed by atoms with E-state index in [1.165, 1.54) is 16.9 Å². The van der Waals surface area contributed by atoms with Crippen molar-refractivity contribution in [1.29, 1.82) is 0 Å². The van der Waals surface area contributed by atoms with E-state index in [-0.39, 0.29) is 12.2 Å². The number of carbonyl (C=O) groups excluding carboxylic acids is 1. The van der Waals surface area contributed by atoms with Gasteiger partial charge in [0.25, 0.3) is 5.56 Å². The lowest BCUT2D eigenvalue weighted by Gasteiger charge is -2.26. The van der Waals surface area contributed by atoms with Crippen molar-refractivity contribution in [1.82, 2.24) is 4.57 Å². The molecule has 0 spiro atoms. The molecule has 1 aliphatic rings. The smallest absolute Gasteiger partial charge is 0.338 e. The van der Waals surface area contributed by atoms with E-state index in [1.807, 2.05) is 31.2 Å². The molecule has 1 atom stereocenters. The van der Waals surface area contributed by atoms with E-state index in [0.717, 1.165) is 12.0 Å². The Bertz CT molecular complexity index is 1810. The maximum atomic E-state index is 14.0. The molecule has 9 heteroatoms. The second-order valence-corrected chi connectivity index (χ2v) is 11.9. The maximum Gasteiger partial charge on any atom is 0.338 e. The number of halogens is 2. The Morgan fingerprint density at radius 1 is 1.12 bits per heavy atom. The molecule has 3 heterocycles. The van der Waals surface area contributed by atoms with Gasteiger partial charge in [0.1, 0.15) is 11.5 Å². The normalized spacial score (nSPS) is 15.3. The second kappa shape index (κ2) is 12.2. The molecular weight excluding hydrogens is 579 g/mol. The summed E-state index contributed by atoms with van der Waals surface area (Å²) in [7, 11) is 0. The van der Waals surface area contributed by atoms with Crippen molar-refractivity contribution < 1.29 is 13.9 Å². The minimum Gasteiger partial charge on any atom is -0.463 e. The summed E-state index contributed by atoms with van der Waals surface area (Å²) >= 11 is 13.8. The molecule has 2 aromatic carbocycles. The van der Waals surface area contributed by atoms with E-state index in [4.69, 9.17) is 37.3 Å². The molecule has 0 fully saturated rings. The van der Waals surface area contributed by atoms with Crippen LogP contribution in [0, 0.1) is 0 Å². The van der Waals surface area contributed by atoms with Crippen molar-refractivity contribution in [3.05, 3.63) is 112 Å². The van der Waals surface area contributed by atoms with Crippen LogP contribution in [0.15, 0.2) is 80.1 Å². The summed E-state index contributed by atoms with van der Waals surface area (Å²) in [5.74, 6) is 0.912. The van der Waals surface area contributed by atoms with Crippen LogP contribution in [0.3, 0.4) is 0 Å². The molecule has 212 valence electrons. The van der Waals surface area contributed by atoms with E-state index in [1.54, 1.807) is 47.9 Å². The zero-order valence-corrected chi connectivity index (χ0v) is 25.6. The molecule has 0 aliphatic carbocycles. The number of fused-ring (bicyclic) bond motifs is 1. The van der Waals surface area contributed by atoms with Crippen LogP contribution in [0.4, 0.5) is 0 Å². The van der Waals surface area contributed by atoms with Crippen molar-refractivity contribution in [2.45, 2.75) is 52.5 Å². The van der Waals surface area contributed by atoms with Crippen molar-refractivity contribution in [2.24, 2.45) is 4.99 Å². The molecule has 41 heavy (non-hydrogen) atoms. The van der Waals surface area contributed by atoms with Crippen LogP contribution in [0.2, 0.25) is 10.0 Å². The van der Waals surface area contributed by atoms with Crippen LogP contribution in [-0.4, -0.2) is 17.1 Å². The van der Waals surface area contributed by atoms with Gasteiger partial charge in [-0.1, -0.05) is 86.0 Å². The lowest BCUT2D eigenvalue weighted by atomic mass is 9.92. The Hall–Kier alpha value is -3.39. The standard InChI is InChI=1S/C32H30Cl2N2O4S/c1-5-7-25-28(31(38)39-6-2)29(20-10-8-19(9-11-20)18(3)4)36-30(37)27(41-32(36)35-25)17-22-13-15-26(40-22)23-16-21(33)12-14-24(23)34/h8-18,29H,5-7H2,1-4H3/b27-17-/t29-/m1/s1. The number of esters is 1. The number of hydrogen-bond donors (Lipinski definition) is 0. The Morgan fingerprint density at radius 3 is 2.56 bits per heavy atom. The van der Waals surface area contributed by atoms with Gasteiger partial charge in [-0.05, 0) is 60.7 Å². The molecule has 1 aliphatic heterocycles. The van der Waals surface area contributed by atoms with Gasteiger partial charge in [0.15, 0.2) is 4.80 Å². The first-order valence-corrected chi connectivity index (χ1v) is 15.2. The van der Waals surface area contributed by atoms with Crippen LogP contribution in [0.5, 0.6) is 0 Å². The molecule has 2 aromatic heterocycles. The highest BCUT2D eigenvalue weighted by atomic mass is 35.5. The number of carbonyl (C=O) groups is 1. The fourth-order valence-corrected chi connectivity index (χ4v) is 6.27. The Morgan fingerprint density at radius 2 is 1.88 bits per heavy atom. The van der Waals surface area contributed by atoms with E-state index >= 15 is 0 Å². The first-order chi connectivity index (χ1) is 19.7. The number of allylic oxidation sites excluding steroid dienone is 1. The van der Waals surface area contributed by atoms with Crippen LogP contribution in [0.1, 0.15) is 69.4 Å². The predicted molar refractivity (Wildman–Crippen MR) is 164 cm³/mol. The minimum absolute atomic E-state index is 0.225. The molecule has 0 N–H and O–H groups in total. The van der Waals surface area contributed by atoms with Crippen molar-refractivity contribution in [2.75, 3.05) is 6.61 Å².